The first-order valence-electron chi connectivity index (χ1n) is 5.34. The molecule has 2 rings (SSSR count). The Bertz CT molecular complexity index is 564. The molecule has 1 heterocycles. The van der Waals surface area contributed by atoms with Gasteiger partial charge in [0.05, 0.1) is 6.10 Å². The molecule has 0 bridgehead atoms. The molecular formula is C11H13N5O2. The lowest BCUT2D eigenvalue weighted by atomic mass is 10.1. The second-order valence-electron chi connectivity index (χ2n) is 3.76. The highest BCUT2D eigenvalue weighted by molar-refractivity contribution is 6.02. The number of rotatable bonds is 3. The molecular weight excluding hydrogens is 234 g/mol. The van der Waals surface area contributed by atoms with Crippen LogP contribution in [0.2, 0.25) is 0 Å². The Kier molecular flexibility index (Phi) is 3.24. The fourth-order valence-corrected chi connectivity index (χ4v) is 1.53. The lowest BCUT2D eigenvalue weighted by Crippen LogP contribution is -2.15. The number of aromatic nitrogens is 3. The smallest absolute Gasteiger partial charge is 0.293 e. The van der Waals surface area contributed by atoms with E-state index < -0.39 is 12.0 Å². The van der Waals surface area contributed by atoms with Gasteiger partial charge in [0.25, 0.3) is 5.91 Å². The van der Waals surface area contributed by atoms with Gasteiger partial charge in [0.15, 0.2) is 0 Å². The number of amides is 1. The molecule has 1 atom stereocenters. The Balaban J connectivity index is 2.22. The van der Waals surface area contributed by atoms with Gasteiger partial charge in [-0.3, -0.25) is 9.89 Å². The minimum absolute atomic E-state index is 0.00367. The molecule has 18 heavy (non-hydrogen) atoms. The number of carbonyl (C=O) groups excluding carboxylic acids is 1. The monoisotopic (exact) mass is 247 g/mol. The van der Waals surface area contributed by atoms with Crippen LogP contribution in [-0.4, -0.2) is 26.2 Å². The zero-order chi connectivity index (χ0) is 13.1. The number of anilines is 2. The summed E-state index contributed by atoms with van der Waals surface area (Å²) >= 11 is 0. The number of benzene rings is 1. The molecule has 1 aromatic carbocycles. The van der Waals surface area contributed by atoms with Crippen molar-refractivity contribution in [1.82, 2.24) is 15.2 Å². The fourth-order valence-electron chi connectivity index (χ4n) is 1.53. The van der Waals surface area contributed by atoms with E-state index in [9.17, 15) is 9.90 Å². The SMILES string of the molecule is CC(O)c1ccccc1NC(=O)c1nc(N)n[nH]1. The van der Waals surface area contributed by atoms with Crippen LogP contribution in [0.25, 0.3) is 0 Å². The van der Waals surface area contributed by atoms with Gasteiger partial charge < -0.3 is 16.2 Å². The third-order valence-corrected chi connectivity index (χ3v) is 2.38. The van der Waals surface area contributed by atoms with Crippen LogP contribution in [0.5, 0.6) is 0 Å². The Morgan fingerprint density at radius 3 is 2.83 bits per heavy atom. The van der Waals surface area contributed by atoms with Crippen molar-refractivity contribution in [3.8, 4) is 0 Å². The average molecular weight is 247 g/mol. The Labute approximate surface area is 103 Å². The van der Waals surface area contributed by atoms with Gasteiger partial charge in [-0.05, 0) is 13.0 Å². The van der Waals surface area contributed by atoms with Crippen LogP contribution in [0.1, 0.15) is 29.2 Å². The second-order valence-corrected chi connectivity index (χ2v) is 3.76. The predicted octanol–water partition coefficient (Wildman–Crippen LogP) is 0.692. The van der Waals surface area contributed by atoms with Gasteiger partial charge in [0.2, 0.25) is 11.8 Å². The van der Waals surface area contributed by atoms with Crippen LogP contribution in [0.15, 0.2) is 24.3 Å². The van der Waals surface area contributed by atoms with Gasteiger partial charge in [0, 0.05) is 11.3 Å². The summed E-state index contributed by atoms with van der Waals surface area (Å²) < 4.78 is 0. The van der Waals surface area contributed by atoms with Crippen LogP contribution >= 0.6 is 0 Å². The highest BCUT2D eigenvalue weighted by Gasteiger charge is 2.14. The molecule has 7 heteroatoms. The Morgan fingerprint density at radius 2 is 2.22 bits per heavy atom. The number of aliphatic hydroxyl groups is 1. The minimum Gasteiger partial charge on any atom is -0.389 e. The van der Waals surface area contributed by atoms with E-state index in [4.69, 9.17) is 5.73 Å². The van der Waals surface area contributed by atoms with E-state index in [2.05, 4.69) is 20.5 Å². The maximum atomic E-state index is 11.8. The molecule has 5 N–H and O–H groups in total. The number of nitrogens with zero attached hydrogens (tertiary/aromatic N) is 2. The molecule has 94 valence electrons. The molecule has 0 aliphatic carbocycles. The number of nitrogen functional groups attached to an aromatic ring is 1. The summed E-state index contributed by atoms with van der Waals surface area (Å²) in [7, 11) is 0. The Hall–Kier alpha value is -2.41. The summed E-state index contributed by atoms with van der Waals surface area (Å²) in [6, 6.07) is 6.97. The molecule has 0 spiro atoms. The highest BCUT2D eigenvalue weighted by atomic mass is 16.3. The third-order valence-electron chi connectivity index (χ3n) is 2.38. The molecule has 0 aliphatic heterocycles. The number of hydrogen-bond donors (Lipinski definition) is 4. The highest BCUT2D eigenvalue weighted by Crippen LogP contribution is 2.22. The maximum absolute atomic E-state index is 11.8. The van der Waals surface area contributed by atoms with E-state index in [-0.39, 0.29) is 11.8 Å². The summed E-state index contributed by atoms with van der Waals surface area (Å²) in [5, 5.41) is 18.2. The molecule has 0 fully saturated rings. The van der Waals surface area contributed by atoms with Crippen molar-refractivity contribution < 1.29 is 9.90 Å². The van der Waals surface area contributed by atoms with E-state index in [1.54, 1.807) is 31.2 Å². The molecule has 1 unspecified atom stereocenters. The molecule has 0 aliphatic rings. The van der Waals surface area contributed by atoms with Gasteiger partial charge in [0.1, 0.15) is 0 Å². The molecule has 1 aromatic heterocycles. The quantitative estimate of drug-likeness (QED) is 0.636. The molecule has 7 nitrogen and oxygen atoms in total. The van der Waals surface area contributed by atoms with Crippen LogP contribution in [-0.2, 0) is 0 Å². The van der Waals surface area contributed by atoms with Gasteiger partial charge in [-0.1, -0.05) is 18.2 Å². The summed E-state index contributed by atoms with van der Waals surface area (Å²) in [5.41, 5.74) is 6.46. The van der Waals surface area contributed by atoms with Crippen LogP contribution in [0, 0.1) is 0 Å². The number of carbonyl (C=O) groups is 1. The van der Waals surface area contributed by atoms with Gasteiger partial charge >= 0.3 is 0 Å². The van der Waals surface area contributed by atoms with Crippen LogP contribution in [0.3, 0.4) is 0 Å². The zero-order valence-electron chi connectivity index (χ0n) is 9.71. The van der Waals surface area contributed by atoms with Gasteiger partial charge in [-0.25, -0.2) is 0 Å². The maximum Gasteiger partial charge on any atom is 0.293 e. The topological polar surface area (TPSA) is 117 Å². The van der Waals surface area contributed by atoms with Crippen molar-refractivity contribution in [3.63, 3.8) is 0 Å². The number of hydrogen-bond acceptors (Lipinski definition) is 5. The van der Waals surface area contributed by atoms with Crippen molar-refractivity contribution in [2.24, 2.45) is 0 Å². The van der Waals surface area contributed by atoms with Gasteiger partial charge in [-0.2, -0.15) is 4.98 Å². The number of para-hydroxylation sites is 1. The summed E-state index contributed by atoms with van der Waals surface area (Å²) in [4.78, 5) is 15.5. The zero-order valence-corrected chi connectivity index (χ0v) is 9.71. The summed E-state index contributed by atoms with van der Waals surface area (Å²) in [5.74, 6) is -0.441. The van der Waals surface area contributed by atoms with Crippen molar-refractivity contribution in [2.45, 2.75) is 13.0 Å². The number of nitrogens with two attached hydrogens (primary N) is 1. The van der Waals surface area contributed by atoms with Crippen molar-refractivity contribution in [2.75, 3.05) is 11.1 Å². The number of aromatic amines is 1. The van der Waals surface area contributed by atoms with Gasteiger partial charge in [-0.15, -0.1) is 5.10 Å². The number of nitrogens with one attached hydrogen (secondary N) is 2. The molecule has 0 saturated carbocycles. The lowest BCUT2D eigenvalue weighted by molar-refractivity contribution is 0.101. The van der Waals surface area contributed by atoms with Crippen molar-refractivity contribution >= 4 is 17.5 Å². The van der Waals surface area contributed by atoms with E-state index >= 15 is 0 Å². The standard InChI is InChI=1S/C11H13N5O2/c1-6(17)7-4-2-3-5-8(7)13-10(18)9-14-11(12)16-15-9/h2-6,17H,1H3,(H,13,18)(H3,12,14,15,16). The van der Waals surface area contributed by atoms with E-state index in [1.807, 2.05) is 0 Å². The molecule has 0 radical (unpaired) electrons. The number of H-pyrrole nitrogens is 1. The second kappa shape index (κ2) is 4.84. The first-order valence-corrected chi connectivity index (χ1v) is 5.34. The van der Waals surface area contributed by atoms with E-state index in [0.717, 1.165) is 0 Å². The average Bonchev–Trinajstić information content (AvgIpc) is 2.76. The predicted molar refractivity (Wildman–Crippen MR) is 65.8 cm³/mol. The Morgan fingerprint density at radius 1 is 1.50 bits per heavy atom. The fraction of sp³-hybridized carbons (Fsp3) is 0.182. The molecule has 1 amide bonds. The van der Waals surface area contributed by atoms with Crippen LogP contribution in [0.4, 0.5) is 11.6 Å². The molecule has 2 aromatic rings. The lowest BCUT2D eigenvalue weighted by Gasteiger charge is -2.11. The summed E-state index contributed by atoms with van der Waals surface area (Å²) in [6.45, 7) is 1.62. The van der Waals surface area contributed by atoms with Crippen LogP contribution < -0.4 is 11.1 Å². The van der Waals surface area contributed by atoms with E-state index in [0.29, 0.717) is 11.3 Å². The number of aliphatic hydroxyl groups excluding tert-OH is 1. The van der Waals surface area contributed by atoms with E-state index in [1.165, 1.54) is 0 Å². The summed E-state index contributed by atoms with van der Waals surface area (Å²) in [6.07, 6.45) is -0.679. The normalized spacial score (nSPS) is 12.1. The first kappa shape index (κ1) is 12.1. The third kappa shape index (κ3) is 2.46. The molecule has 0 saturated heterocycles. The van der Waals surface area contributed by atoms with Crippen molar-refractivity contribution in [1.29, 1.82) is 0 Å². The first-order chi connectivity index (χ1) is 8.58. The largest absolute Gasteiger partial charge is 0.389 e. The van der Waals surface area contributed by atoms with Crippen molar-refractivity contribution in [3.05, 3.63) is 35.7 Å². The minimum atomic E-state index is -0.679.